The summed E-state index contributed by atoms with van der Waals surface area (Å²) in [7, 11) is 0. The number of aryl methyl sites for hydroxylation is 1. The van der Waals surface area contributed by atoms with Crippen LogP contribution in [-0.2, 0) is 12.8 Å². The van der Waals surface area contributed by atoms with Crippen molar-refractivity contribution in [2.24, 2.45) is 0 Å². The van der Waals surface area contributed by atoms with Gasteiger partial charge in [-0.15, -0.1) is 0 Å². The molecule has 0 aromatic heterocycles. The molecule has 0 fully saturated rings. The van der Waals surface area contributed by atoms with Crippen LogP contribution in [0.5, 0.6) is 0 Å². The van der Waals surface area contributed by atoms with E-state index in [9.17, 15) is 4.39 Å². The molecule has 3 rings (SSSR count). The Morgan fingerprint density at radius 3 is 2.83 bits per heavy atom. The van der Waals surface area contributed by atoms with Gasteiger partial charge in [-0.1, -0.05) is 24.3 Å². The standard InChI is InChI=1S/C16H16FN/c17-15-5-1-3-12(11-15)9-13-6-7-16-14(10-13)4-2-8-18-16/h1,3,5-7,10-11,18H,2,4,8-9H2. The largest absolute Gasteiger partial charge is 0.385 e. The van der Waals surface area contributed by atoms with Crippen molar-refractivity contribution < 1.29 is 4.39 Å². The van der Waals surface area contributed by atoms with Crippen molar-refractivity contribution >= 4 is 5.69 Å². The number of nitrogens with one attached hydrogen (secondary N) is 1. The van der Waals surface area contributed by atoms with Crippen LogP contribution in [0.3, 0.4) is 0 Å². The van der Waals surface area contributed by atoms with Crippen molar-refractivity contribution in [1.82, 2.24) is 0 Å². The second-order valence-corrected chi connectivity index (χ2v) is 4.83. The minimum absolute atomic E-state index is 0.160. The normalized spacial score (nSPS) is 13.8. The number of benzene rings is 2. The molecule has 1 nitrogen and oxygen atoms in total. The molecular formula is C16H16FN. The first kappa shape index (κ1) is 11.3. The smallest absolute Gasteiger partial charge is 0.123 e. The number of rotatable bonds is 2. The molecule has 2 aromatic rings. The van der Waals surface area contributed by atoms with Crippen molar-refractivity contribution in [2.75, 3.05) is 11.9 Å². The summed E-state index contributed by atoms with van der Waals surface area (Å²) < 4.78 is 13.1. The van der Waals surface area contributed by atoms with Crippen LogP contribution >= 0.6 is 0 Å². The van der Waals surface area contributed by atoms with Crippen LogP contribution in [0.15, 0.2) is 42.5 Å². The van der Waals surface area contributed by atoms with Gasteiger partial charge in [0.25, 0.3) is 0 Å². The van der Waals surface area contributed by atoms with Crippen molar-refractivity contribution in [2.45, 2.75) is 19.3 Å². The second kappa shape index (κ2) is 4.81. The fourth-order valence-corrected chi connectivity index (χ4v) is 2.52. The van der Waals surface area contributed by atoms with E-state index in [0.717, 1.165) is 24.9 Å². The predicted molar refractivity (Wildman–Crippen MR) is 72.5 cm³/mol. The van der Waals surface area contributed by atoms with E-state index in [2.05, 4.69) is 23.5 Å². The van der Waals surface area contributed by atoms with Gasteiger partial charge in [0.15, 0.2) is 0 Å². The Balaban J connectivity index is 1.85. The molecule has 92 valence electrons. The SMILES string of the molecule is Fc1cccc(Cc2ccc3c(c2)CCCN3)c1. The Morgan fingerprint density at radius 1 is 1.06 bits per heavy atom. The van der Waals surface area contributed by atoms with Crippen molar-refractivity contribution in [3.63, 3.8) is 0 Å². The van der Waals surface area contributed by atoms with E-state index >= 15 is 0 Å². The fraction of sp³-hybridized carbons (Fsp3) is 0.250. The summed E-state index contributed by atoms with van der Waals surface area (Å²) in [6.07, 6.45) is 3.13. The zero-order valence-electron chi connectivity index (χ0n) is 10.2. The first-order valence-corrected chi connectivity index (χ1v) is 6.41. The van der Waals surface area contributed by atoms with E-state index in [0.29, 0.717) is 0 Å². The molecule has 1 aliphatic heterocycles. The average Bonchev–Trinajstić information content (AvgIpc) is 2.39. The predicted octanol–water partition coefficient (Wildman–Crippen LogP) is 3.77. The number of hydrogen-bond donors (Lipinski definition) is 1. The van der Waals surface area contributed by atoms with Gasteiger partial charge in [0.2, 0.25) is 0 Å². The topological polar surface area (TPSA) is 12.0 Å². The highest BCUT2D eigenvalue weighted by Crippen LogP contribution is 2.24. The van der Waals surface area contributed by atoms with E-state index in [-0.39, 0.29) is 5.82 Å². The van der Waals surface area contributed by atoms with Gasteiger partial charge >= 0.3 is 0 Å². The van der Waals surface area contributed by atoms with Crippen LogP contribution in [-0.4, -0.2) is 6.54 Å². The maximum Gasteiger partial charge on any atom is 0.123 e. The lowest BCUT2D eigenvalue weighted by Gasteiger charge is -2.18. The summed E-state index contributed by atoms with van der Waals surface area (Å²) in [5.41, 5.74) is 4.92. The van der Waals surface area contributed by atoms with Gasteiger partial charge in [0, 0.05) is 12.2 Å². The van der Waals surface area contributed by atoms with Gasteiger partial charge in [-0.2, -0.15) is 0 Å². The minimum Gasteiger partial charge on any atom is -0.385 e. The molecule has 0 unspecified atom stereocenters. The molecule has 18 heavy (non-hydrogen) atoms. The van der Waals surface area contributed by atoms with Crippen LogP contribution in [0, 0.1) is 5.82 Å². The second-order valence-electron chi connectivity index (χ2n) is 4.83. The van der Waals surface area contributed by atoms with Gasteiger partial charge in [0.1, 0.15) is 5.82 Å². The zero-order valence-corrected chi connectivity index (χ0v) is 10.2. The number of anilines is 1. The Labute approximate surface area is 107 Å². The van der Waals surface area contributed by atoms with E-state index in [1.165, 1.54) is 29.3 Å². The summed E-state index contributed by atoms with van der Waals surface area (Å²) in [5, 5.41) is 3.40. The van der Waals surface area contributed by atoms with E-state index in [1.807, 2.05) is 6.07 Å². The molecule has 1 heterocycles. The van der Waals surface area contributed by atoms with Crippen LogP contribution in [0.2, 0.25) is 0 Å². The number of halogens is 1. The Kier molecular flexibility index (Phi) is 3.01. The molecule has 2 aromatic carbocycles. The zero-order chi connectivity index (χ0) is 12.4. The third kappa shape index (κ3) is 2.37. The average molecular weight is 241 g/mol. The lowest BCUT2D eigenvalue weighted by atomic mass is 9.97. The first-order valence-electron chi connectivity index (χ1n) is 6.41. The summed E-state index contributed by atoms with van der Waals surface area (Å²) in [6, 6.07) is 13.3. The highest BCUT2D eigenvalue weighted by Gasteiger charge is 2.08. The quantitative estimate of drug-likeness (QED) is 0.843. The van der Waals surface area contributed by atoms with Crippen LogP contribution in [0.1, 0.15) is 23.1 Å². The molecule has 0 radical (unpaired) electrons. The van der Waals surface area contributed by atoms with Gasteiger partial charge < -0.3 is 5.32 Å². The first-order chi connectivity index (χ1) is 8.81. The Hall–Kier alpha value is -1.83. The minimum atomic E-state index is -0.160. The van der Waals surface area contributed by atoms with Gasteiger partial charge in [-0.25, -0.2) is 4.39 Å². The lowest BCUT2D eigenvalue weighted by Crippen LogP contribution is -2.11. The summed E-state index contributed by atoms with van der Waals surface area (Å²) in [5.74, 6) is -0.160. The molecule has 2 heteroatoms. The lowest BCUT2D eigenvalue weighted by molar-refractivity contribution is 0.626. The van der Waals surface area contributed by atoms with Crippen LogP contribution < -0.4 is 5.32 Å². The van der Waals surface area contributed by atoms with E-state index in [1.54, 1.807) is 12.1 Å². The Morgan fingerprint density at radius 2 is 1.94 bits per heavy atom. The molecule has 1 aliphatic rings. The fourth-order valence-electron chi connectivity index (χ4n) is 2.52. The molecule has 0 atom stereocenters. The number of fused-ring (bicyclic) bond motifs is 1. The van der Waals surface area contributed by atoms with Gasteiger partial charge in [0.05, 0.1) is 0 Å². The molecule has 0 aliphatic carbocycles. The van der Waals surface area contributed by atoms with Gasteiger partial charge in [-0.05, 0) is 54.2 Å². The van der Waals surface area contributed by atoms with Crippen molar-refractivity contribution in [1.29, 1.82) is 0 Å². The van der Waals surface area contributed by atoms with Crippen LogP contribution in [0.25, 0.3) is 0 Å². The highest BCUT2D eigenvalue weighted by molar-refractivity contribution is 5.54. The van der Waals surface area contributed by atoms with Crippen molar-refractivity contribution in [3.05, 3.63) is 65.0 Å². The highest BCUT2D eigenvalue weighted by atomic mass is 19.1. The maximum atomic E-state index is 13.1. The molecule has 0 amide bonds. The third-order valence-corrected chi connectivity index (χ3v) is 3.41. The summed E-state index contributed by atoms with van der Waals surface area (Å²) >= 11 is 0. The van der Waals surface area contributed by atoms with Gasteiger partial charge in [-0.3, -0.25) is 0 Å². The number of hydrogen-bond acceptors (Lipinski definition) is 1. The monoisotopic (exact) mass is 241 g/mol. The Bertz CT molecular complexity index is 563. The van der Waals surface area contributed by atoms with E-state index in [4.69, 9.17) is 0 Å². The van der Waals surface area contributed by atoms with Crippen molar-refractivity contribution in [3.8, 4) is 0 Å². The molecular weight excluding hydrogens is 225 g/mol. The molecule has 0 saturated carbocycles. The van der Waals surface area contributed by atoms with E-state index < -0.39 is 0 Å². The molecule has 0 bridgehead atoms. The summed E-state index contributed by atoms with van der Waals surface area (Å²) in [4.78, 5) is 0. The molecule has 0 spiro atoms. The summed E-state index contributed by atoms with van der Waals surface area (Å²) in [6.45, 7) is 1.07. The molecule has 1 N–H and O–H groups in total. The molecule has 0 saturated heterocycles. The van der Waals surface area contributed by atoms with Crippen LogP contribution in [0.4, 0.5) is 10.1 Å². The maximum absolute atomic E-state index is 13.1. The third-order valence-electron chi connectivity index (χ3n) is 3.41.